The molecule has 0 spiro atoms. The molecule has 1 heteroatoms. The molecule has 0 aliphatic heterocycles. The van der Waals surface area contributed by atoms with E-state index >= 15 is 0 Å². The maximum Gasteiger partial charge on any atom is 0.0550 e. The third-order valence-electron chi connectivity index (χ3n) is 3.13. The van der Waals surface area contributed by atoms with Gasteiger partial charge >= 0.3 is 0 Å². The molecule has 0 saturated carbocycles. The highest BCUT2D eigenvalue weighted by Gasteiger charge is 2.07. The van der Waals surface area contributed by atoms with Gasteiger partial charge in [0, 0.05) is 0 Å². The van der Waals surface area contributed by atoms with Crippen molar-refractivity contribution >= 4 is 0 Å². The Balaban J connectivity index is 3.41. The number of hydrogen-bond acceptors (Lipinski definition) is 1. The summed E-state index contributed by atoms with van der Waals surface area (Å²) in [6.45, 7) is 11.2. The van der Waals surface area contributed by atoms with E-state index < -0.39 is 0 Å². The van der Waals surface area contributed by atoms with Crippen LogP contribution in [0.4, 0.5) is 0 Å². The maximum atomic E-state index is 5.84. The highest BCUT2D eigenvalue weighted by molar-refractivity contribution is 4.58. The number of ether oxygens (including phenoxy) is 1. The Morgan fingerprint density at radius 2 is 1.53 bits per heavy atom. The summed E-state index contributed by atoms with van der Waals surface area (Å²) in [5, 5.41) is 0. The Hall–Kier alpha value is -0.0400. The predicted octanol–water partition coefficient (Wildman–Crippen LogP) is 4.80. The normalized spacial score (nSPS) is 17.4. The molecule has 1 nitrogen and oxygen atoms in total. The van der Waals surface area contributed by atoms with E-state index in [0.717, 1.165) is 12.3 Å². The van der Waals surface area contributed by atoms with Crippen molar-refractivity contribution in [2.75, 3.05) is 0 Å². The van der Waals surface area contributed by atoms with E-state index in [4.69, 9.17) is 4.74 Å². The Labute approximate surface area is 96.6 Å². The van der Waals surface area contributed by atoms with Crippen LogP contribution in [-0.4, -0.2) is 12.2 Å². The first kappa shape index (κ1) is 15.0. The molecule has 0 saturated heterocycles. The molecule has 0 aromatic rings. The van der Waals surface area contributed by atoms with Crippen molar-refractivity contribution < 1.29 is 4.74 Å². The van der Waals surface area contributed by atoms with E-state index in [1.54, 1.807) is 0 Å². The summed E-state index contributed by atoms with van der Waals surface area (Å²) in [6, 6.07) is 0. The van der Waals surface area contributed by atoms with Crippen molar-refractivity contribution in [3.63, 3.8) is 0 Å². The molecule has 0 aromatic carbocycles. The monoisotopic (exact) mass is 214 g/mol. The average molecular weight is 214 g/mol. The summed E-state index contributed by atoms with van der Waals surface area (Å²) in [7, 11) is 0. The summed E-state index contributed by atoms with van der Waals surface area (Å²) in [6.07, 6.45) is 8.58. The fourth-order valence-corrected chi connectivity index (χ4v) is 1.95. The molecule has 0 N–H and O–H groups in total. The van der Waals surface area contributed by atoms with Crippen LogP contribution in [-0.2, 0) is 4.74 Å². The van der Waals surface area contributed by atoms with Crippen LogP contribution in [0.3, 0.4) is 0 Å². The summed E-state index contributed by atoms with van der Waals surface area (Å²) < 4.78 is 5.84. The molecule has 0 fully saturated rings. The van der Waals surface area contributed by atoms with Crippen LogP contribution in [0.2, 0.25) is 0 Å². The standard InChI is InChI=1S/C14H30O/c1-6-9-12(3)10-8-11-14(5)15-13(4)7-2/h12-14H,6-11H2,1-5H3. The minimum atomic E-state index is 0.424. The Morgan fingerprint density at radius 1 is 0.867 bits per heavy atom. The van der Waals surface area contributed by atoms with Gasteiger partial charge < -0.3 is 4.74 Å². The van der Waals surface area contributed by atoms with Crippen LogP contribution >= 0.6 is 0 Å². The second-order valence-corrected chi connectivity index (χ2v) is 4.99. The van der Waals surface area contributed by atoms with Gasteiger partial charge in [0.05, 0.1) is 12.2 Å². The molecule has 0 heterocycles. The fourth-order valence-electron chi connectivity index (χ4n) is 1.95. The van der Waals surface area contributed by atoms with Crippen LogP contribution in [0.1, 0.15) is 73.1 Å². The minimum absolute atomic E-state index is 0.424. The van der Waals surface area contributed by atoms with Crippen LogP contribution < -0.4 is 0 Å². The molecule has 0 aliphatic rings. The Morgan fingerprint density at radius 3 is 2.07 bits per heavy atom. The van der Waals surface area contributed by atoms with E-state index in [9.17, 15) is 0 Å². The van der Waals surface area contributed by atoms with Crippen molar-refractivity contribution in [2.24, 2.45) is 5.92 Å². The third-order valence-corrected chi connectivity index (χ3v) is 3.13. The lowest BCUT2D eigenvalue weighted by molar-refractivity contribution is 0.000943. The first-order chi connectivity index (χ1) is 7.10. The molecule has 0 amide bonds. The van der Waals surface area contributed by atoms with Gasteiger partial charge in [-0.3, -0.25) is 0 Å². The Kier molecular flexibility index (Phi) is 9.18. The zero-order valence-electron chi connectivity index (χ0n) is 11.4. The van der Waals surface area contributed by atoms with Gasteiger partial charge in [-0.25, -0.2) is 0 Å². The summed E-state index contributed by atoms with van der Waals surface area (Å²) in [4.78, 5) is 0. The lowest BCUT2D eigenvalue weighted by Crippen LogP contribution is -2.16. The van der Waals surface area contributed by atoms with Gasteiger partial charge in [0.2, 0.25) is 0 Å². The van der Waals surface area contributed by atoms with E-state index in [1.165, 1.54) is 32.1 Å². The molecular formula is C14H30O. The van der Waals surface area contributed by atoms with Gasteiger partial charge in [-0.05, 0) is 32.6 Å². The topological polar surface area (TPSA) is 9.23 Å². The second kappa shape index (κ2) is 9.21. The molecule has 0 rings (SSSR count). The maximum absolute atomic E-state index is 5.84. The molecule has 92 valence electrons. The van der Waals surface area contributed by atoms with Crippen molar-refractivity contribution in [1.82, 2.24) is 0 Å². The SMILES string of the molecule is CCCC(C)CCCC(C)OC(C)CC. The zero-order chi connectivity index (χ0) is 11.7. The quantitative estimate of drug-likeness (QED) is 0.536. The molecular weight excluding hydrogens is 184 g/mol. The summed E-state index contributed by atoms with van der Waals surface area (Å²) >= 11 is 0. The first-order valence-corrected chi connectivity index (χ1v) is 6.75. The minimum Gasteiger partial charge on any atom is -0.376 e. The second-order valence-electron chi connectivity index (χ2n) is 4.99. The summed E-state index contributed by atoms with van der Waals surface area (Å²) in [5.41, 5.74) is 0. The van der Waals surface area contributed by atoms with E-state index in [0.29, 0.717) is 12.2 Å². The van der Waals surface area contributed by atoms with Crippen LogP contribution in [0.15, 0.2) is 0 Å². The largest absolute Gasteiger partial charge is 0.376 e. The van der Waals surface area contributed by atoms with Crippen molar-refractivity contribution in [3.8, 4) is 0 Å². The van der Waals surface area contributed by atoms with Gasteiger partial charge in [0.15, 0.2) is 0 Å². The van der Waals surface area contributed by atoms with Gasteiger partial charge in [-0.15, -0.1) is 0 Å². The highest BCUT2D eigenvalue weighted by Crippen LogP contribution is 2.16. The molecule has 0 aliphatic carbocycles. The molecule has 3 atom stereocenters. The molecule has 0 bridgehead atoms. The average Bonchev–Trinajstić information content (AvgIpc) is 2.18. The van der Waals surface area contributed by atoms with Crippen LogP contribution in [0, 0.1) is 5.92 Å². The van der Waals surface area contributed by atoms with Crippen LogP contribution in [0.25, 0.3) is 0 Å². The lowest BCUT2D eigenvalue weighted by atomic mass is 9.98. The van der Waals surface area contributed by atoms with Gasteiger partial charge in [-0.2, -0.15) is 0 Å². The zero-order valence-corrected chi connectivity index (χ0v) is 11.4. The van der Waals surface area contributed by atoms with Crippen LogP contribution in [0.5, 0.6) is 0 Å². The lowest BCUT2D eigenvalue weighted by Gasteiger charge is -2.18. The van der Waals surface area contributed by atoms with Gasteiger partial charge in [0.1, 0.15) is 0 Å². The van der Waals surface area contributed by atoms with E-state index in [1.807, 2.05) is 0 Å². The van der Waals surface area contributed by atoms with E-state index in [-0.39, 0.29) is 0 Å². The molecule has 0 aromatic heterocycles. The smallest absolute Gasteiger partial charge is 0.0550 e. The fraction of sp³-hybridized carbons (Fsp3) is 1.00. The molecule has 15 heavy (non-hydrogen) atoms. The van der Waals surface area contributed by atoms with E-state index in [2.05, 4.69) is 34.6 Å². The summed E-state index contributed by atoms with van der Waals surface area (Å²) in [5.74, 6) is 0.894. The van der Waals surface area contributed by atoms with Crippen molar-refractivity contribution in [2.45, 2.75) is 85.4 Å². The predicted molar refractivity (Wildman–Crippen MR) is 68.2 cm³/mol. The van der Waals surface area contributed by atoms with Gasteiger partial charge in [-0.1, -0.05) is 46.5 Å². The van der Waals surface area contributed by atoms with Gasteiger partial charge in [0.25, 0.3) is 0 Å². The third kappa shape index (κ3) is 8.92. The Bertz CT molecular complexity index is 133. The van der Waals surface area contributed by atoms with Crippen molar-refractivity contribution in [1.29, 1.82) is 0 Å². The highest BCUT2D eigenvalue weighted by atomic mass is 16.5. The number of rotatable bonds is 9. The number of hydrogen-bond donors (Lipinski definition) is 0. The molecule has 0 radical (unpaired) electrons. The molecule has 3 unspecified atom stereocenters. The first-order valence-electron chi connectivity index (χ1n) is 6.75. The van der Waals surface area contributed by atoms with Crippen molar-refractivity contribution in [3.05, 3.63) is 0 Å².